The van der Waals surface area contributed by atoms with E-state index in [0.717, 1.165) is 0 Å². The minimum absolute atomic E-state index is 0.0244. The van der Waals surface area contributed by atoms with Gasteiger partial charge in [0.1, 0.15) is 5.82 Å². The smallest absolute Gasteiger partial charge is 0.253 e. The van der Waals surface area contributed by atoms with Gasteiger partial charge in [-0.3, -0.25) is 9.59 Å². The number of nitrogens with one attached hydrogen (secondary N) is 2. The van der Waals surface area contributed by atoms with E-state index in [0.29, 0.717) is 5.69 Å². The van der Waals surface area contributed by atoms with Gasteiger partial charge < -0.3 is 10.6 Å². The van der Waals surface area contributed by atoms with E-state index in [1.165, 1.54) is 26.1 Å². The number of benzene rings is 1. The number of carbonyl (C=O) groups excluding carboxylic acids is 2. The molecule has 0 spiro atoms. The Morgan fingerprint density at radius 3 is 2.33 bits per heavy atom. The standard InChI is InChI=1S/C13H17FN2O2/c1-8(17)13(2,3)16-9-5-6-10(11(14)7-9)12(18)15-4/h5-7,16H,1-4H3,(H,15,18). The molecule has 0 radical (unpaired) electrons. The molecule has 0 aromatic heterocycles. The molecular formula is C13H17FN2O2. The SMILES string of the molecule is CNC(=O)c1ccc(NC(C)(C)C(C)=O)cc1F. The van der Waals surface area contributed by atoms with Crippen molar-refractivity contribution in [3.05, 3.63) is 29.6 Å². The molecule has 0 saturated carbocycles. The van der Waals surface area contributed by atoms with Crippen LogP contribution in [0.3, 0.4) is 0 Å². The lowest BCUT2D eigenvalue weighted by atomic mass is 10.00. The molecule has 2 N–H and O–H groups in total. The molecule has 18 heavy (non-hydrogen) atoms. The second kappa shape index (κ2) is 5.16. The largest absolute Gasteiger partial charge is 0.373 e. The van der Waals surface area contributed by atoms with Crippen LogP contribution in [0.15, 0.2) is 18.2 Å². The average molecular weight is 252 g/mol. The van der Waals surface area contributed by atoms with Gasteiger partial charge in [0.05, 0.1) is 11.1 Å². The summed E-state index contributed by atoms with van der Waals surface area (Å²) >= 11 is 0. The summed E-state index contributed by atoms with van der Waals surface area (Å²) < 4.78 is 13.7. The van der Waals surface area contributed by atoms with Crippen LogP contribution in [0.25, 0.3) is 0 Å². The second-order valence-corrected chi connectivity index (χ2v) is 4.58. The number of rotatable bonds is 4. The molecule has 1 aromatic rings. The van der Waals surface area contributed by atoms with E-state index in [1.54, 1.807) is 19.9 Å². The van der Waals surface area contributed by atoms with E-state index in [4.69, 9.17) is 0 Å². The number of anilines is 1. The molecule has 0 saturated heterocycles. The van der Waals surface area contributed by atoms with E-state index < -0.39 is 17.3 Å². The topological polar surface area (TPSA) is 58.2 Å². The third-order valence-corrected chi connectivity index (χ3v) is 2.78. The maximum absolute atomic E-state index is 13.7. The van der Waals surface area contributed by atoms with E-state index in [-0.39, 0.29) is 11.3 Å². The zero-order valence-corrected chi connectivity index (χ0v) is 10.9. The van der Waals surface area contributed by atoms with Crippen molar-refractivity contribution in [2.24, 2.45) is 0 Å². The lowest BCUT2D eigenvalue weighted by Gasteiger charge is -2.24. The summed E-state index contributed by atoms with van der Waals surface area (Å²) in [6, 6.07) is 4.15. The summed E-state index contributed by atoms with van der Waals surface area (Å²) in [4.78, 5) is 22.7. The molecule has 0 heterocycles. The fourth-order valence-corrected chi connectivity index (χ4v) is 1.36. The van der Waals surface area contributed by atoms with Crippen LogP contribution in [0.2, 0.25) is 0 Å². The van der Waals surface area contributed by atoms with Crippen LogP contribution in [-0.4, -0.2) is 24.3 Å². The van der Waals surface area contributed by atoms with Crippen LogP contribution >= 0.6 is 0 Å². The van der Waals surface area contributed by atoms with Crippen molar-refractivity contribution in [2.45, 2.75) is 26.3 Å². The molecule has 1 aromatic carbocycles. The van der Waals surface area contributed by atoms with Gasteiger partial charge in [0.2, 0.25) is 0 Å². The average Bonchev–Trinajstić information content (AvgIpc) is 2.27. The highest BCUT2D eigenvalue weighted by Gasteiger charge is 2.23. The maximum atomic E-state index is 13.7. The van der Waals surface area contributed by atoms with E-state index in [1.807, 2.05) is 0 Å². The van der Waals surface area contributed by atoms with Crippen LogP contribution in [0, 0.1) is 5.82 Å². The van der Waals surface area contributed by atoms with Gasteiger partial charge in [-0.1, -0.05) is 0 Å². The quantitative estimate of drug-likeness (QED) is 0.861. The summed E-state index contributed by atoms with van der Waals surface area (Å²) in [5.74, 6) is -1.16. The Morgan fingerprint density at radius 1 is 1.28 bits per heavy atom. The highest BCUT2D eigenvalue weighted by molar-refractivity contribution is 5.94. The van der Waals surface area contributed by atoms with Gasteiger partial charge in [0.25, 0.3) is 5.91 Å². The number of amides is 1. The summed E-state index contributed by atoms with van der Waals surface area (Å²) in [5.41, 5.74) is -0.343. The van der Waals surface area contributed by atoms with Gasteiger partial charge >= 0.3 is 0 Å². The number of carbonyl (C=O) groups is 2. The van der Waals surface area contributed by atoms with Gasteiger partial charge in [-0.15, -0.1) is 0 Å². The Balaban J connectivity index is 2.99. The minimum Gasteiger partial charge on any atom is -0.373 e. The first-order valence-corrected chi connectivity index (χ1v) is 5.59. The highest BCUT2D eigenvalue weighted by Crippen LogP contribution is 2.19. The number of hydrogen-bond acceptors (Lipinski definition) is 3. The van der Waals surface area contributed by atoms with Crippen molar-refractivity contribution in [3.8, 4) is 0 Å². The van der Waals surface area contributed by atoms with Gasteiger partial charge in [-0.05, 0) is 39.0 Å². The van der Waals surface area contributed by atoms with E-state index >= 15 is 0 Å². The van der Waals surface area contributed by atoms with E-state index in [2.05, 4.69) is 10.6 Å². The summed E-state index contributed by atoms with van der Waals surface area (Å²) in [5, 5.41) is 5.28. The zero-order valence-electron chi connectivity index (χ0n) is 10.9. The molecule has 98 valence electrons. The third-order valence-electron chi connectivity index (χ3n) is 2.78. The van der Waals surface area contributed by atoms with Gasteiger partial charge in [-0.2, -0.15) is 0 Å². The summed E-state index contributed by atoms with van der Waals surface area (Å²) in [6.07, 6.45) is 0. The van der Waals surface area contributed by atoms with Crippen molar-refractivity contribution < 1.29 is 14.0 Å². The van der Waals surface area contributed by atoms with Crippen molar-refractivity contribution in [1.29, 1.82) is 0 Å². The predicted octanol–water partition coefficient (Wildman–Crippen LogP) is 1.96. The van der Waals surface area contributed by atoms with Gasteiger partial charge in [0.15, 0.2) is 5.78 Å². The number of halogens is 1. The number of hydrogen-bond donors (Lipinski definition) is 2. The summed E-state index contributed by atoms with van der Waals surface area (Å²) in [7, 11) is 1.44. The monoisotopic (exact) mass is 252 g/mol. The molecule has 1 amide bonds. The van der Waals surface area contributed by atoms with Crippen LogP contribution < -0.4 is 10.6 Å². The second-order valence-electron chi connectivity index (χ2n) is 4.58. The van der Waals surface area contributed by atoms with Crippen LogP contribution in [-0.2, 0) is 4.79 Å². The normalized spacial score (nSPS) is 10.9. The molecule has 0 unspecified atom stereocenters. The molecule has 1 rings (SSSR count). The van der Waals surface area contributed by atoms with Gasteiger partial charge in [-0.25, -0.2) is 4.39 Å². The Labute approximate surface area is 106 Å². The maximum Gasteiger partial charge on any atom is 0.253 e. The van der Waals surface area contributed by atoms with Crippen LogP contribution in [0.4, 0.5) is 10.1 Å². The van der Waals surface area contributed by atoms with Crippen LogP contribution in [0.1, 0.15) is 31.1 Å². The molecule has 0 aliphatic carbocycles. The Kier molecular flexibility index (Phi) is 4.06. The van der Waals surface area contributed by atoms with Crippen molar-refractivity contribution in [1.82, 2.24) is 5.32 Å². The first-order valence-electron chi connectivity index (χ1n) is 5.59. The van der Waals surface area contributed by atoms with E-state index in [9.17, 15) is 14.0 Å². The molecule has 0 atom stereocenters. The van der Waals surface area contributed by atoms with Crippen LogP contribution in [0.5, 0.6) is 0 Å². The Bertz CT molecular complexity index is 484. The molecule has 0 aliphatic rings. The first kappa shape index (κ1) is 14.2. The molecule has 4 nitrogen and oxygen atoms in total. The first-order chi connectivity index (χ1) is 8.27. The lowest BCUT2D eigenvalue weighted by Crippen LogP contribution is -2.38. The fraction of sp³-hybridized carbons (Fsp3) is 0.385. The molecule has 0 aliphatic heterocycles. The van der Waals surface area contributed by atoms with Crippen molar-refractivity contribution in [3.63, 3.8) is 0 Å². The van der Waals surface area contributed by atoms with Gasteiger partial charge in [0, 0.05) is 12.7 Å². The third kappa shape index (κ3) is 3.06. The molecular weight excluding hydrogens is 235 g/mol. The lowest BCUT2D eigenvalue weighted by molar-refractivity contribution is -0.120. The zero-order chi connectivity index (χ0) is 13.9. The van der Waals surface area contributed by atoms with Crippen molar-refractivity contribution in [2.75, 3.05) is 12.4 Å². The number of ketones is 1. The predicted molar refractivity (Wildman–Crippen MR) is 68.2 cm³/mol. The Morgan fingerprint density at radius 2 is 1.89 bits per heavy atom. The molecule has 0 bridgehead atoms. The minimum atomic E-state index is -0.777. The summed E-state index contributed by atoms with van der Waals surface area (Å²) in [6.45, 7) is 4.88. The molecule has 5 heteroatoms. The Hall–Kier alpha value is -1.91. The number of Topliss-reactive ketones (excluding diaryl/α,β-unsaturated/α-hetero) is 1. The molecule has 0 fully saturated rings. The highest BCUT2D eigenvalue weighted by atomic mass is 19.1. The fourth-order valence-electron chi connectivity index (χ4n) is 1.36. The van der Waals surface area contributed by atoms with Crippen molar-refractivity contribution >= 4 is 17.4 Å².